The Labute approximate surface area is 140 Å². The van der Waals surface area contributed by atoms with E-state index in [9.17, 15) is 0 Å². The maximum atomic E-state index is 5.00. The van der Waals surface area contributed by atoms with Crippen molar-refractivity contribution in [3.63, 3.8) is 0 Å². The Balaban J connectivity index is 2.01. The topological polar surface area (TPSA) is 17.3 Å². The lowest BCUT2D eigenvalue weighted by molar-refractivity contribution is 1.24. The van der Waals surface area contributed by atoms with Crippen LogP contribution < -0.4 is 0 Å². The quantitative estimate of drug-likeness (QED) is 0.393. The summed E-state index contributed by atoms with van der Waals surface area (Å²) < 4.78 is 2.24. The molecule has 2 heteroatoms. The molecule has 0 aliphatic rings. The maximum Gasteiger partial charge on any atom is 0.0956 e. The molecule has 0 bridgehead atoms. The van der Waals surface area contributed by atoms with E-state index in [1.165, 1.54) is 27.4 Å². The molecule has 2 aromatic carbocycles. The SMILES string of the molecule is Cc1ccc(-c2nc3ccccc3c3cc4ccccn4c23)cc1. The van der Waals surface area contributed by atoms with E-state index in [0.29, 0.717) is 0 Å². The van der Waals surface area contributed by atoms with Gasteiger partial charge in [-0.2, -0.15) is 0 Å². The van der Waals surface area contributed by atoms with Gasteiger partial charge in [0.25, 0.3) is 0 Å². The van der Waals surface area contributed by atoms with Crippen LogP contribution in [-0.2, 0) is 0 Å². The normalized spacial score (nSPS) is 11.5. The Kier molecular flexibility index (Phi) is 2.74. The van der Waals surface area contributed by atoms with Crippen molar-refractivity contribution in [1.29, 1.82) is 0 Å². The molecule has 5 aromatic rings. The smallest absolute Gasteiger partial charge is 0.0956 e. The summed E-state index contributed by atoms with van der Waals surface area (Å²) in [6, 6.07) is 25.6. The molecule has 3 heterocycles. The molecule has 0 radical (unpaired) electrons. The lowest BCUT2D eigenvalue weighted by Crippen LogP contribution is -1.92. The van der Waals surface area contributed by atoms with Crippen LogP contribution in [0.3, 0.4) is 0 Å². The van der Waals surface area contributed by atoms with Gasteiger partial charge in [-0.1, -0.05) is 54.1 Å². The van der Waals surface area contributed by atoms with Crippen LogP contribution in [0.4, 0.5) is 0 Å². The fraction of sp³-hybridized carbons (Fsp3) is 0.0455. The molecule has 3 aromatic heterocycles. The molecule has 0 N–H and O–H groups in total. The van der Waals surface area contributed by atoms with E-state index in [1.807, 2.05) is 0 Å². The van der Waals surface area contributed by atoms with E-state index in [2.05, 4.69) is 90.3 Å². The predicted octanol–water partition coefficient (Wildman–Crippen LogP) is 5.62. The van der Waals surface area contributed by atoms with Gasteiger partial charge < -0.3 is 4.40 Å². The largest absolute Gasteiger partial charge is 0.315 e. The zero-order valence-corrected chi connectivity index (χ0v) is 13.4. The maximum absolute atomic E-state index is 5.00. The highest BCUT2D eigenvalue weighted by Crippen LogP contribution is 2.34. The van der Waals surface area contributed by atoms with Gasteiger partial charge in [0.15, 0.2) is 0 Å². The Bertz CT molecular complexity index is 1200. The zero-order chi connectivity index (χ0) is 16.1. The fourth-order valence-electron chi connectivity index (χ4n) is 3.46. The summed E-state index contributed by atoms with van der Waals surface area (Å²) in [5.41, 5.74) is 6.86. The second-order valence-electron chi connectivity index (χ2n) is 6.25. The van der Waals surface area contributed by atoms with E-state index >= 15 is 0 Å². The van der Waals surface area contributed by atoms with Crippen LogP contribution in [0.1, 0.15) is 5.56 Å². The Hall–Kier alpha value is -3.13. The van der Waals surface area contributed by atoms with E-state index in [0.717, 1.165) is 16.8 Å². The number of benzene rings is 2. The summed E-state index contributed by atoms with van der Waals surface area (Å²) in [7, 11) is 0. The van der Waals surface area contributed by atoms with Crippen LogP contribution in [0.2, 0.25) is 0 Å². The van der Waals surface area contributed by atoms with Crippen LogP contribution in [0, 0.1) is 6.92 Å². The highest BCUT2D eigenvalue weighted by atomic mass is 14.9. The Morgan fingerprint density at radius 2 is 1.58 bits per heavy atom. The fourth-order valence-corrected chi connectivity index (χ4v) is 3.46. The van der Waals surface area contributed by atoms with E-state index in [4.69, 9.17) is 4.98 Å². The molecule has 0 saturated carbocycles. The number of pyridine rings is 2. The number of aryl methyl sites for hydroxylation is 1. The molecule has 0 atom stereocenters. The molecule has 0 amide bonds. The van der Waals surface area contributed by atoms with Crippen molar-refractivity contribution in [2.75, 3.05) is 0 Å². The van der Waals surface area contributed by atoms with E-state index < -0.39 is 0 Å². The van der Waals surface area contributed by atoms with Crippen molar-refractivity contribution in [2.45, 2.75) is 6.92 Å². The van der Waals surface area contributed by atoms with Crippen LogP contribution in [0.25, 0.3) is 38.6 Å². The first-order valence-corrected chi connectivity index (χ1v) is 8.17. The second kappa shape index (κ2) is 4.93. The molecular weight excluding hydrogens is 292 g/mol. The first-order chi connectivity index (χ1) is 11.8. The highest BCUT2D eigenvalue weighted by Gasteiger charge is 2.14. The number of para-hydroxylation sites is 1. The highest BCUT2D eigenvalue weighted by molar-refractivity contribution is 6.12. The van der Waals surface area contributed by atoms with Gasteiger partial charge >= 0.3 is 0 Å². The van der Waals surface area contributed by atoms with E-state index in [1.54, 1.807) is 0 Å². The number of nitrogens with zero attached hydrogens (tertiary/aromatic N) is 2. The molecule has 0 unspecified atom stereocenters. The van der Waals surface area contributed by atoms with Gasteiger partial charge in [-0.25, -0.2) is 4.98 Å². The van der Waals surface area contributed by atoms with Crippen molar-refractivity contribution in [2.24, 2.45) is 0 Å². The Morgan fingerprint density at radius 3 is 2.46 bits per heavy atom. The summed E-state index contributed by atoms with van der Waals surface area (Å²) in [5.74, 6) is 0. The van der Waals surface area contributed by atoms with E-state index in [-0.39, 0.29) is 0 Å². The number of aromatic nitrogens is 2. The van der Waals surface area contributed by atoms with Gasteiger partial charge in [0, 0.05) is 28.0 Å². The molecule has 2 nitrogen and oxygen atoms in total. The van der Waals surface area contributed by atoms with Crippen molar-refractivity contribution in [3.8, 4) is 11.3 Å². The average Bonchev–Trinajstić information content (AvgIpc) is 3.02. The second-order valence-corrected chi connectivity index (χ2v) is 6.25. The van der Waals surface area contributed by atoms with Crippen molar-refractivity contribution < 1.29 is 0 Å². The van der Waals surface area contributed by atoms with Gasteiger partial charge in [0.2, 0.25) is 0 Å². The van der Waals surface area contributed by atoms with Crippen LogP contribution in [-0.4, -0.2) is 9.38 Å². The van der Waals surface area contributed by atoms with Gasteiger partial charge in [0.05, 0.1) is 16.7 Å². The van der Waals surface area contributed by atoms with Gasteiger partial charge in [-0.15, -0.1) is 0 Å². The summed E-state index contributed by atoms with van der Waals surface area (Å²) in [6.07, 6.45) is 2.12. The molecule has 0 saturated heterocycles. The average molecular weight is 308 g/mol. The van der Waals surface area contributed by atoms with Crippen LogP contribution in [0.5, 0.6) is 0 Å². The molecule has 0 aliphatic heterocycles. The van der Waals surface area contributed by atoms with Crippen molar-refractivity contribution in [3.05, 3.63) is 84.6 Å². The lowest BCUT2D eigenvalue weighted by atomic mass is 10.0. The summed E-state index contributed by atoms with van der Waals surface area (Å²) in [5, 5.41) is 2.45. The summed E-state index contributed by atoms with van der Waals surface area (Å²) >= 11 is 0. The summed E-state index contributed by atoms with van der Waals surface area (Å²) in [4.78, 5) is 5.00. The number of hydrogen-bond acceptors (Lipinski definition) is 1. The first-order valence-electron chi connectivity index (χ1n) is 8.17. The number of rotatable bonds is 1. The molecule has 114 valence electrons. The number of hydrogen-bond donors (Lipinski definition) is 0. The molecule has 24 heavy (non-hydrogen) atoms. The minimum Gasteiger partial charge on any atom is -0.315 e. The third-order valence-electron chi connectivity index (χ3n) is 4.66. The zero-order valence-electron chi connectivity index (χ0n) is 13.4. The minimum absolute atomic E-state index is 1.04. The molecule has 0 aliphatic carbocycles. The minimum atomic E-state index is 1.04. The van der Waals surface area contributed by atoms with Gasteiger partial charge in [0.1, 0.15) is 0 Å². The number of fused-ring (bicyclic) bond motifs is 5. The van der Waals surface area contributed by atoms with Crippen LogP contribution in [0.15, 0.2) is 79.0 Å². The standard InChI is InChI=1S/C22H16N2/c1-15-9-11-16(12-10-15)21-22-19(14-17-6-4-5-13-24(17)22)18-7-2-3-8-20(18)23-21/h2-14H,1H3. The predicted molar refractivity (Wildman–Crippen MR) is 100 cm³/mol. The lowest BCUT2D eigenvalue weighted by Gasteiger charge is -2.08. The molecule has 5 rings (SSSR count). The molecular formula is C22H16N2. The van der Waals surface area contributed by atoms with Crippen molar-refractivity contribution >= 4 is 27.3 Å². The van der Waals surface area contributed by atoms with Crippen LogP contribution >= 0.6 is 0 Å². The molecule has 0 fully saturated rings. The molecule has 0 spiro atoms. The van der Waals surface area contributed by atoms with Gasteiger partial charge in [-0.05, 0) is 31.2 Å². The third-order valence-corrected chi connectivity index (χ3v) is 4.66. The third kappa shape index (κ3) is 1.86. The summed E-state index contributed by atoms with van der Waals surface area (Å²) in [6.45, 7) is 2.11. The van der Waals surface area contributed by atoms with Gasteiger partial charge in [-0.3, -0.25) is 0 Å². The van der Waals surface area contributed by atoms with Crippen molar-refractivity contribution in [1.82, 2.24) is 9.38 Å². The monoisotopic (exact) mass is 308 g/mol. The Morgan fingerprint density at radius 1 is 0.792 bits per heavy atom. The first kappa shape index (κ1) is 13.3.